The van der Waals surface area contributed by atoms with Crippen molar-refractivity contribution < 1.29 is 14.3 Å². The lowest BCUT2D eigenvalue weighted by Crippen LogP contribution is -2.54. The van der Waals surface area contributed by atoms with Crippen LogP contribution in [0.3, 0.4) is 0 Å². The largest absolute Gasteiger partial charge is 0.462 e. The molecule has 1 heterocycles. The van der Waals surface area contributed by atoms with E-state index in [0.717, 1.165) is 56.3 Å². The van der Waals surface area contributed by atoms with E-state index in [4.69, 9.17) is 4.74 Å². The van der Waals surface area contributed by atoms with Crippen LogP contribution >= 0.6 is 0 Å². The van der Waals surface area contributed by atoms with Gasteiger partial charge in [-0.25, -0.2) is 0 Å². The Morgan fingerprint density at radius 3 is 2.59 bits per heavy atom. The average molecular weight is 442 g/mol. The predicted octanol–water partition coefficient (Wildman–Crippen LogP) is 5.55. The Bertz CT molecular complexity index is 784. The number of esters is 1. The average Bonchev–Trinajstić information content (AvgIpc) is 3.39. The molecule has 178 valence electrons. The Morgan fingerprint density at radius 2 is 1.84 bits per heavy atom. The van der Waals surface area contributed by atoms with Crippen LogP contribution in [0.15, 0.2) is 11.6 Å². The van der Waals surface area contributed by atoms with Gasteiger partial charge in [-0.2, -0.15) is 0 Å². The molecule has 0 aromatic rings. The van der Waals surface area contributed by atoms with Crippen molar-refractivity contribution in [1.29, 1.82) is 0 Å². The number of ether oxygens (including phenoxy) is 1. The third kappa shape index (κ3) is 3.79. The van der Waals surface area contributed by atoms with Gasteiger partial charge in [0.2, 0.25) is 0 Å². The molecule has 3 saturated carbocycles. The van der Waals surface area contributed by atoms with Gasteiger partial charge in [0.15, 0.2) is 5.78 Å². The van der Waals surface area contributed by atoms with E-state index in [1.807, 2.05) is 0 Å². The molecule has 0 radical (unpaired) electrons. The van der Waals surface area contributed by atoms with Crippen molar-refractivity contribution in [1.82, 2.24) is 4.90 Å². The third-order valence-corrected chi connectivity index (χ3v) is 10.7. The summed E-state index contributed by atoms with van der Waals surface area (Å²) >= 11 is 0. The Morgan fingerprint density at radius 1 is 1.06 bits per heavy atom. The van der Waals surface area contributed by atoms with Gasteiger partial charge in [-0.15, -0.1) is 0 Å². The highest BCUT2D eigenvalue weighted by Gasteiger charge is 2.59. The second kappa shape index (κ2) is 8.56. The monoisotopic (exact) mass is 441 g/mol. The molecular formula is C28H43NO3. The van der Waals surface area contributed by atoms with Crippen molar-refractivity contribution in [3.63, 3.8) is 0 Å². The summed E-state index contributed by atoms with van der Waals surface area (Å²) in [5, 5.41) is 0. The topological polar surface area (TPSA) is 46.6 Å². The van der Waals surface area contributed by atoms with E-state index in [9.17, 15) is 9.59 Å². The number of fused-ring (bicyclic) bond motifs is 5. The number of hydrogen-bond acceptors (Lipinski definition) is 4. The summed E-state index contributed by atoms with van der Waals surface area (Å²) in [6.07, 6.45) is 14.9. The summed E-state index contributed by atoms with van der Waals surface area (Å²) in [4.78, 5) is 27.2. The van der Waals surface area contributed by atoms with Gasteiger partial charge in [0, 0.05) is 6.54 Å². The van der Waals surface area contributed by atoms with Gasteiger partial charge >= 0.3 is 5.97 Å². The van der Waals surface area contributed by atoms with Gasteiger partial charge in [-0.1, -0.05) is 19.9 Å². The summed E-state index contributed by atoms with van der Waals surface area (Å²) in [5.41, 5.74) is 1.61. The fourth-order valence-electron chi connectivity index (χ4n) is 8.94. The molecule has 0 bridgehead atoms. The minimum atomic E-state index is 0.0152. The summed E-state index contributed by atoms with van der Waals surface area (Å²) in [6, 6.07) is 0. The second-order valence-corrected chi connectivity index (χ2v) is 12.2. The van der Waals surface area contributed by atoms with Crippen molar-refractivity contribution in [2.75, 3.05) is 19.6 Å². The number of carbonyl (C=O) groups is 2. The molecule has 0 N–H and O–H groups in total. The smallest absolute Gasteiger partial charge is 0.307 e. The van der Waals surface area contributed by atoms with E-state index >= 15 is 0 Å². The van der Waals surface area contributed by atoms with Crippen LogP contribution in [0.25, 0.3) is 0 Å². The van der Waals surface area contributed by atoms with Gasteiger partial charge in [-0.3, -0.25) is 9.59 Å². The highest BCUT2D eigenvalue weighted by molar-refractivity contribution is 5.95. The van der Waals surface area contributed by atoms with Crippen LogP contribution in [0.1, 0.15) is 91.4 Å². The minimum Gasteiger partial charge on any atom is -0.462 e. The number of nitrogens with zero attached hydrogens (tertiary/aromatic N) is 1. The maximum absolute atomic E-state index is 12.5. The van der Waals surface area contributed by atoms with Gasteiger partial charge in [0.1, 0.15) is 6.10 Å². The van der Waals surface area contributed by atoms with Gasteiger partial charge in [0.05, 0.1) is 6.42 Å². The Balaban J connectivity index is 1.20. The predicted molar refractivity (Wildman–Crippen MR) is 126 cm³/mol. The van der Waals surface area contributed by atoms with Crippen LogP contribution in [0.4, 0.5) is 0 Å². The molecular weight excluding hydrogens is 398 g/mol. The molecule has 5 aliphatic rings. The lowest BCUT2D eigenvalue weighted by atomic mass is 9.44. The quantitative estimate of drug-likeness (QED) is 0.525. The minimum absolute atomic E-state index is 0.0152. The lowest BCUT2D eigenvalue weighted by Gasteiger charge is -2.60. The Labute approximate surface area is 194 Å². The number of carbonyl (C=O) groups excluding carboxylic acids is 2. The number of likely N-dealkylation sites (tertiary alicyclic amines) is 1. The zero-order valence-electron chi connectivity index (χ0n) is 20.5. The van der Waals surface area contributed by atoms with Crippen LogP contribution in [-0.4, -0.2) is 42.4 Å². The molecule has 1 saturated heterocycles. The number of Topliss-reactive ketones (excluding diaryl/α,β-unsaturated/α-hetero) is 1. The van der Waals surface area contributed by atoms with E-state index in [2.05, 4.69) is 24.8 Å². The summed E-state index contributed by atoms with van der Waals surface area (Å²) in [5.74, 6) is 3.16. The van der Waals surface area contributed by atoms with Crippen LogP contribution in [0, 0.1) is 34.5 Å². The fourth-order valence-corrected chi connectivity index (χ4v) is 8.94. The van der Waals surface area contributed by atoms with Gasteiger partial charge in [0.25, 0.3) is 0 Å². The molecule has 4 heteroatoms. The summed E-state index contributed by atoms with van der Waals surface area (Å²) in [6.45, 7) is 9.84. The first kappa shape index (κ1) is 22.6. The van der Waals surface area contributed by atoms with E-state index in [-0.39, 0.29) is 17.5 Å². The van der Waals surface area contributed by atoms with E-state index < -0.39 is 0 Å². The molecule has 0 aromatic carbocycles. The highest BCUT2D eigenvalue weighted by atomic mass is 16.5. The summed E-state index contributed by atoms with van der Waals surface area (Å²) < 4.78 is 6.00. The zero-order valence-corrected chi connectivity index (χ0v) is 20.5. The molecule has 0 aromatic heterocycles. The van der Waals surface area contributed by atoms with Crippen LogP contribution in [-0.2, 0) is 14.3 Å². The van der Waals surface area contributed by atoms with E-state index in [1.54, 1.807) is 6.92 Å². The zero-order chi connectivity index (χ0) is 22.5. The molecule has 4 nitrogen and oxygen atoms in total. The maximum atomic E-state index is 12.5. The van der Waals surface area contributed by atoms with Crippen molar-refractivity contribution in [3.05, 3.63) is 11.6 Å². The summed E-state index contributed by atoms with van der Waals surface area (Å²) in [7, 11) is 0. The van der Waals surface area contributed by atoms with Crippen molar-refractivity contribution in [2.24, 2.45) is 34.5 Å². The molecule has 4 aliphatic carbocycles. The number of ketones is 1. The number of hydrogen-bond donors (Lipinski definition) is 0. The lowest BCUT2D eigenvalue weighted by molar-refractivity contribution is -0.161. The molecule has 7 atom stereocenters. The Kier molecular flexibility index (Phi) is 6.05. The Hall–Kier alpha value is -1.16. The molecule has 5 rings (SSSR count). The number of allylic oxidation sites excluding steroid dienone is 2. The van der Waals surface area contributed by atoms with Crippen molar-refractivity contribution >= 4 is 11.8 Å². The van der Waals surface area contributed by atoms with Crippen LogP contribution in [0.2, 0.25) is 0 Å². The van der Waals surface area contributed by atoms with Gasteiger partial charge in [-0.05, 0) is 124 Å². The maximum Gasteiger partial charge on any atom is 0.307 e. The highest BCUT2D eigenvalue weighted by Crippen LogP contribution is 2.66. The first-order valence-corrected chi connectivity index (χ1v) is 13.4. The van der Waals surface area contributed by atoms with Gasteiger partial charge < -0.3 is 9.64 Å². The number of rotatable bonds is 5. The molecule has 1 aliphatic heterocycles. The van der Waals surface area contributed by atoms with E-state index in [1.165, 1.54) is 44.9 Å². The van der Waals surface area contributed by atoms with Crippen LogP contribution < -0.4 is 0 Å². The first-order valence-electron chi connectivity index (χ1n) is 13.4. The van der Waals surface area contributed by atoms with Crippen LogP contribution in [0.5, 0.6) is 0 Å². The van der Waals surface area contributed by atoms with E-state index in [0.29, 0.717) is 29.5 Å². The van der Waals surface area contributed by atoms with Crippen molar-refractivity contribution in [2.45, 2.75) is 97.5 Å². The first-order chi connectivity index (χ1) is 15.3. The SMILES string of the molecule is CC(=O)C1=CC[C@@H]2[C@@H]3CC[C@H]4C[C@H](OC(=O)CCN5CCCC5)CC[C@]4(C)[C@@H]3CC[C@@]12C. The second-order valence-electron chi connectivity index (χ2n) is 12.2. The standard InChI is InChI=1S/C28H43NO3/c1-19(30)23-8-9-24-22-7-6-20-18-21(32-26(31)12-17-29-15-4-5-16-29)10-13-27(20,2)25(22)11-14-28(23,24)3/h8,20-22,24-25H,4-7,9-18H2,1-3H3/t20-,21+,22-,24+,25+,27-,28-/m0/s1. The normalized spacial score (nSPS) is 43.7. The van der Waals surface area contributed by atoms with Crippen molar-refractivity contribution in [3.8, 4) is 0 Å². The third-order valence-electron chi connectivity index (χ3n) is 10.7. The molecule has 0 spiro atoms. The molecule has 0 unspecified atom stereocenters. The molecule has 0 amide bonds. The fraction of sp³-hybridized carbons (Fsp3) is 0.857. The molecule has 4 fully saturated rings. The molecule has 32 heavy (non-hydrogen) atoms.